The molecule has 0 aliphatic carbocycles. The molecule has 1 N–H and O–H groups in total. The van der Waals surface area contributed by atoms with Crippen LogP contribution in [-0.2, 0) is 0 Å². The quantitative estimate of drug-likeness (QED) is 0.808. The molecular weight excluding hydrogens is 212 g/mol. The lowest BCUT2D eigenvalue weighted by molar-refractivity contribution is 0.0697. The first-order valence-corrected chi connectivity index (χ1v) is 5.95. The van der Waals surface area contributed by atoms with Crippen LogP contribution in [0.1, 0.15) is 23.8 Å². The summed E-state index contributed by atoms with van der Waals surface area (Å²) in [6, 6.07) is 0.309. The van der Waals surface area contributed by atoms with Crippen molar-refractivity contribution in [2.24, 2.45) is 0 Å². The van der Waals surface area contributed by atoms with Crippen LogP contribution in [0, 0.1) is 0 Å². The van der Waals surface area contributed by atoms with Crippen molar-refractivity contribution >= 4 is 17.4 Å². The zero-order valence-electron chi connectivity index (χ0n) is 8.64. The zero-order valence-corrected chi connectivity index (χ0v) is 9.46. The lowest BCUT2D eigenvalue weighted by Gasteiger charge is -2.26. The topological polar surface area (TPSA) is 58.1 Å². The first kappa shape index (κ1) is 10.5. The van der Waals surface area contributed by atoms with Gasteiger partial charge in [-0.15, -0.1) is 5.10 Å². The molecule has 1 amide bonds. The van der Waals surface area contributed by atoms with Gasteiger partial charge in [-0.25, -0.2) is 0 Å². The van der Waals surface area contributed by atoms with Crippen LogP contribution >= 0.6 is 11.5 Å². The lowest BCUT2D eigenvalue weighted by Crippen LogP contribution is -2.41. The molecule has 0 spiro atoms. The van der Waals surface area contributed by atoms with E-state index < -0.39 is 0 Å². The molecule has 1 unspecified atom stereocenters. The molecule has 2 rings (SSSR count). The fourth-order valence-corrected chi connectivity index (χ4v) is 2.31. The second-order valence-electron chi connectivity index (χ2n) is 3.53. The summed E-state index contributed by atoms with van der Waals surface area (Å²) in [4.78, 5) is 13.9. The number of rotatable bonds is 3. The molecule has 1 atom stereocenters. The Labute approximate surface area is 92.6 Å². The van der Waals surface area contributed by atoms with Crippen LogP contribution in [0.4, 0.5) is 0 Å². The Balaban J connectivity index is 2.09. The van der Waals surface area contributed by atoms with Crippen LogP contribution in [-0.4, -0.2) is 46.1 Å². The first-order valence-electron chi connectivity index (χ1n) is 5.11. The van der Waals surface area contributed by atoms with Gasteiger partial charge in [-0.1, -0.05) is 4.49 Å². The Morgan fingerprint density at radius 1 is 1.80 bits per heavy atom. The fourth-order valence-electron chi connectivity index (χ4n) is 1.88. The normalized spacial score (nSPS) is 20.5. The molecular formula is C9H14N4OS. The van der Waals surface area contributed by atoms with Gasteiger partial charge in [-0.3, -0.25) is 4.79 Å². The van der Waals surface area contributed by atoms with Gasteiger partial charge in [0.05, 0.1) is 0 Å². The maximum Gasteiger partial charge on any atom is 0.275 e. The fraction of sp³-hybridized carbons (Fsp3) is 0.667. The molecule has 0 aromatic carbocycles. The number of nitrogens with one attached hydrogen (secondary N) is 1. The summed E-state index contributed by atoms with van der Waals surface area (Å²) in [7, 11) is 0. The van der Waals surface area contributed by atoms with Crippen LogP contribution < -0.4 is 5.32 Å². The summed E-state index contributed by atoms with van der Waals surface area (Å²) in [5, 5.41) is 8.78. The van der Waals surface area contributed by atoms with Crippen molar-refractivity contribution < 1.29 is 4.79 Å². The molecule has 0 bridgehead atoms. The van der Waals surface area contributed by atoms with Gasteiger partial charge >= 0.3 is 0 Å². The van der Waals surface area contributed by atoms with E-state index >= 15 is 0 Å². The average molecular weight is 226 g/mol. The molecule has 2 heterocycles. The predicted octanol–water partition coefficient (Wildman–Crippen LogP) is 0.362. The zero-order chi connectivity index (χ0) is 10.7. The Bertz CT molecular complexity index is 321. The van der Waals surface area contributed by atoms with Crippen LogP contribution in [0.5, 0.6) is 0 Å². The van der Waals surface area contributed by atoms with Gasteiger partial charge in [0.1, 0.15) is 0 Å². The number of hydrogen-bond donors (Lipinski definition) is 1. The Kier molecular flexibility index (Phi) is 3.27. The van der Waals surface area contributed by atoms with Crippen LogP contribution in [0.2, 0.25) is 0 Å². The highest BCUT2D eigenvalue weighted by atomic mass is 32.1. The predicted molar refractivity (Wildman–Crippen MR) is 57.9 cm³/mol. The number of aromatic nitrogens is 2. The third-order valence-corrected chi connectivity index (χ3v) is 3.16. The van der Waals surface area contributed by atoms with E-state index in [1.165, 1.54) is 11.5 Å². The molecule has 82 valence electrons. The largest absolute Gasteiger partial charge is 0.333 e. The second kappa shape index (κ2) is 4.67. The highest BCUT2D eigenvalue weighted by Crippen LogP contribution is 2.12. The molecule has 1 aromatic rings. The number of carbonyl (C=O) groups is 1. The molecule has 1 aliphatic heterocycles. The number of nitrogens with zero attached hydrogens (tertiary/aromatic N) is 3. The number of carbonyl (C=O) groups excluding carboxylic acids is 1. The van der Waals surface area contributed by atoms with Gasteiger partial charge in [0.15, 0.2) is 5.69 Å². The van der Waals surface area contributed by atoms with Gasteiger partial charge in [-0.05, 0) is 31.4 Å². The molecule has 15 heavy (non-hydrogen) atoms. The summed E-state index contributed by atoms with van der Waals surface area (Å²) in [5.41, 5.74) is 0.466. The summed E-state index contributed by atoms with van der Waals surface area (Å²) < 4.78 is 3.72. The number of amides is 1. The molecule has 0 radical (unpaired) electrons. The monoisotopic (exact) mass is 226 g/mol. The maximum atomic E-state index is 12.0. The van der Waals surface area contributed by atoms with Crippen molar-refractivity contribution in [3.8, 4) is 0 Å². The van der Waals surface area contributed by atoms with Crippen molar-refractivity contribution in [2.45, 2.75) is 19.4 Å². The van der Waals surface area contributed by atoms with Crippen LogP contribution in [0.3, 0.4) is 0 Å². The van der Waals surface area contributed by atoms with Crippen molar-refractivity contribution in [2.75, 3.05) is 19.6 Å². The van der Waals surface area contributed by atoms with E-state index in [0.717, 1.165) is 26.1 Å². The van der Waals surface area contributed by atoms with Gasteiger partial charge in [0, 0.05) is 24.5 Å². The van der Waals surface area contributed by atoms with Gasteiger partial charge in [-0.2, -0.15) is 0 Å². The van der Waals surface area contributed by atoms with Gasteiger partial charge in [0.25, 0.3) is 5.91 Å². The summed E-state index contributed by atoms with van der Waals surface area (Å²) in [6.45, 7) is 4.60. The van der Waals surface area contributed by atoms with Crippen molar-refractivity contribution in [1.82, 2.24) is 19.8 Å². The minimum Gasteiger partial charge on any atom is -0.333 e. The maximum absolute atomic E-state index is 12.0. The molecule has 1 fully saturated rings. The standard InChI is InChI=1S/C9H14N4OS/c1-2-13(7-3-4-10-5-7)9(14)8-6-15-12-11-8/h6-7,10H,2-5H2,1H3. The highest BCUT2D eigenvalue weighted by Gasteiger charge is 2.26. The first-order chi connectivity index (χ1) is 7.33. The molecule has 1 saturated heterocycles. The lowest BCUT2D eigenvalue weighted by atomic mass is 10.2. The molecule has 6 heteroatoms. The number of hydrogen-bond acceptors (Lipinski definition) is 5. The van der Waals surface area contributed by atoms with E-state index in [4.69, 9.17) is 0 Å². The number of likely N-dealkylation sites (N-methyl/N-ethyl adjacent to an activating group) is 1. The Morgan fingerprint density at radius 3 is 3.20 bits per heavy atom. The third-order valence-electron chi connectivity index (χ3n) is 2.66. The SMILES string of the molecule is CCN(C(=O)c1csnn1)C1CCNC1. The molecule has 0 saturated carbocycles. The Hall–Kier alpha value is -1.01. The van der Waals surface area contributed by atoms with Crippen molar-refractivity contribution in [3.05, 3.63) is 11.1 Å². The minimum atomic E-state index is -0.0000463. The van der Waals surface area contributed by atoms with Crippen LogP contribution in [0.25, 0.3) is 0 Å². The van der Waals surface area contributed by atoms with Gasteiger partial charge in [0.2, 0.25) is 0 Å². The summed E-state index contributed by atoms with van der Waals surface area (Å²) in [5.74, 6) is -0.0000463. The van der Waals surface area contributed by atoms with Crippen molar-refractivity contribution in [3.63, 3.8) is 0 Å². The van der Waals surface area contributed by atoms with Gasteiger partial charge < -0.3 is 10.2 Å². The van der Waals surface area contributed by atoms with Crippen molar-refractivity contribution in [1.29, 1.82) is 0 Å². The highest BCUT2D eigenvalue weighted by molar-refractivity contribution is 7.03. The van der Waals surface area contributed by atoms with E-state index in [1.807, 2.05) is 11.8 Å². The average Bonchev–Trinajstić information content (AvgIpc) is 2.91. The van der Waals surface area contributed by atoms with E-state index in [2.05, 4.69) is 14.9 Å². The molecule has 5 nitrogen and oxygen atoms in total. The Morgan fingerprint density at radius 2 is 2.67 bits per heavy atom. The minimum absolute atomic E-state index is 0.0000463. The van der Waals surface area contributed by atoms with E-state index in [0.29, 0.717) is 11.7 Å². The van der Waals surface area contributed by atoms with Crippen LogP contribution in [0.15, 0.2) is 5.38 Å². The summed E-state index contributed by atoms with van der Waals surface area (Å²) >= 11 is 1.21. The van der Waals surface area contributed by atoms with E-state index in [-0.39, 0.29) is 5.91 Å². The summed E-state index contributed by atoms with van der Waals surface area (Å²) in [6.07, 6.45) is 1.02. The van der Waals surface area contributed by atoms with E-state index in [9.17, 15) is 4.79 Å². The molecule has 1 aromatic heterocycles. The second-order valence-corrected chi connectivity index (χ2v) is 4.14. The smallest absolute Gasteiger partial charge is 0.275 e. The van der Waals surface area contributed by atoms with E-state index in [1.54, 1.807) is 5.38 Å². The molecule has 1 aliphatic rings. The third kappa shape index (κ3) is 2.15.